The lowest BCUT2D eigenvalue weighted by Crippen LogP contribution is -2.38. The summed E-state index contributed by atoms with van der Waals surface area (Å²) in [6.07, 6.45) is 1.89. The van der Waals surface area contributed by atoms with Gasteiger partial charge in [-0.1, -0.05) is 12.1 Å². The van der Waals surface area contributed by atoms with Crippen molar-refractivity contribution in [1.29, 1.82) is 0 Å². The molecule has 2 N–H and O–H groups in total. The predicted octanol–water partition coefficient (Wildman–Crippen LogP) is 0.974. The topological polar surface area (TPSA) is 54.2 Å². The molecular formula is C13H17N5. The van der Waals surface area contributed by atoms with E-state index in [1.165, 1.54) is 5.52 Å². The molecule has 1 unspecified atom stereocenters. The highest BCUT2D eigenvalue weighted by Gasteiger charge is 2.11. The van der Waals surface area contributed by atoms with Gasteiger partial charge in [-0.15, -0.1) is 0 Å². The quantitative estimate of drug-likeness (QED) is 0.844. The summed E-state index contributed by atoms with van der Waals surface area (Å²) in [5.41, 5.74) is 2.22. The smallest absolute Gasteiger partial charge is 0.191 e. The van der Waals surface area contributed by atoms with E-state index in [2.05, 4.69) is 38.2 Å². The second kappa shape index (κ2) is 4.68. The first kappa shape index (κ1) is 11.1. The van der Waals surface area contributed by atoms with Crippen LogP contribution in [0.4, 0.5) is 0 Å². The third kappa shape index (κ3) is 2.16. The van der Waals surface area contributed by atoms with E-state index in [0.717, 1.165) is 31.1 Å². The first-order chi connectivity index (χ1) is 8.83. The molecule has 1 atom stereocenters. The Labute approximate surface area is 106 Å². The van der Waals surface area contributed by atoms with Crippen LogP contribution in [0.25, 0.3) is 11.0 Å². The maximum Gasteiger partial charge on any atom is 0.191 e. The normalized spacial score (nSPS) is 18.7. The van der Waals surface area contributed by atoms with E-state index in [1.807, 2.05) is 24.5 Å². The average molecular weight is 243 g/mol. The fourth-order valence-electron chi connectivity index (χ4n) is 2.14. The van der Waals surface area contributed by atoms with E-state index in [0.29, 0.717) is 6.04 Å². The molecule has 0 aliphatic carbocycles. The fraction of sp³-hybridized carbons (Fsp3) is 0.385. The van der Waals surface area contributed by atoms with Gasteiger partial charge in [0.1, 0.15) is 0 Å². The molecule has 1 aromatic heterocycles. The van der Waals surface area contributed by atoms with Crippen molar-refractivity contribution < 1.29 is 0 Å². The Morgan fingerprint density at radius 1 is 1.44 bits per heavy atom. The molecule has 3 rings (SSSR count). The van der Waals surface area contributed by atoms with Gasteiger partial charge in [0.05, 0.1) is 23.9 Å². The van der Waals surface area contributed by atoms with E-state index < -0.39 is 0 Å². The van der Waals surface area contributed by atoms with Crippen LogP contribution < -0.4 is 10.6 Å². The molecule has 5 nitrogen and oxygen atoms in total. The number of imidazole rings is 1. The maximum absolute atomic E-state index is 4.37. The van der Waals surface area contributed by atoms with Crippen LogP contribution in [0.2, 0.25) is 0 Å². The van der Waals surface area contributed by atoms with Crippen molar-refractivity contribution in [2.45, 2.75) is 19.5 Å². The van der Waals surface area contributed by atoms with Gasteiger partial charge in [0.2, 0.25) is 0 Å². The van der Waals surface area contributed by atoms with Crippen molar-refractivity contribution in [3.8, 4) is 0 Å². The Morgan fingerprint density at radius 3 is 3.17 bits per heavy atom. The van der Waals surface area contributed by atoms with Gasteiger partial charge in [-0.2, -0.15) is 0 Å². The Balaban J connectivity index is 1.60. The highest BCUT2D eigenvalue weighted by molar-refractivity contribution is 5.81. The van der Waals surface area contributed by atoms with Crippen molar-refractivity contribution >= 4 is 17.0 Å². The maximum atomic E-state index is 4.37. The lowest BCUT2D eigenvalue weighted by Gasteiger charge is -2.09. The lowest BCUT2D eigenvalue weighted by molar-refractivity contribution is 0.671. The van der Waals surface area contributed by atoms with Gasteiger partial charge in [0, 0.05) is 19.1 Å². The highest BCUT2D eigenvalue weighted by atomic mass is 15.2. The van der Waals surface area contributed by atoms with E-state index in [1.54, 1.807) is 0 Å². The molecule has 0 fully saturated rings. The number of guanidine groups is 1. The Kier molecular flexibility index (Phi) is 2.88. The minimum absolute atomic E-state index is 0.446. The highest BCUT2D eigenvalue weighted by Crippen LogP contribution is 2.10. The number of nitrogens with zero attached hydrogens (tertiary/aromatic N) is 3. The number of aliphatic imine (C=N–C) groups is 1. The molecule has 1 aliphatic rings. The molecule has 5 heteroatoms. The molecule has 0 amide bonds. The monoisotopic (exact) mass is 243 g/mol. The van der Waals surface area contributed by atoms with Gasteiger partial charge in [0.25, 0.3) is 0 Å². The van der Waals surface area contributed by atoms with E-state index >= 15 is 0 Å². The van der Waals surface area contributed by atoms with Gasteiger partial charge in [-0.25, -0.2) is 4.98 Å². The van der Waals surface area contributed by atoms with Crippen molar-refractivity contribution in [2.24, 2.45) is 4.99 Å². The third-order valence-electron chi connectivity index (χ3n) is 3.08. The summed E-state index contributed by atoms with van der Waals surface area (Å²) in [5.74, 6) is 0.909. The molecule has 0 saturated carbocycles. The predicted molar refractivity (Wildman–Crippen MR) is 72.6 cm³/mol. The average Bonchev–Trinajstić information content (AvgIpc) is 2.97. The first-order valence-electron chi connectivity index (χ1n) is 6.27. The summed E-state index contributed by atoms with van der Waals surface area (Å²) in [5, 5.41) is 6.59. The zero-order chi connectivity index (χ0) is 12.4. The van der Waals surface area contributed by atoms with E-state index in [9.17, 15) is 0 Å². The number of hydrogen-bond donors (Lipinski definition) is 2. The number of rotatable bonds is 3. The van der Waals surface area contributed by atoms with Gasteiger partial charge in [-0.3, -0.25) is 4.99 Å². The standard InChI is InChI=1S/C13H17N5/c1-10-8-15-13(17-10)14-6-7-18-9-16-11-4-2-3-5-12(11)18/h2-5,9-10H,6-8H2,1H3,(H2,14,15,17). The second-order valence-electron chi connectivity index (χ2n) is 4.59. The van der Waals surface area contributed by atoms with Crippen LogP contribution in [0.1, 0.15) is 6.92 Å². The summed E-state index contributed by atoms with van der Waals surface area (Å²) < 4.78 is 2.15. The number of fused-ring (bicyclic) bond motifs is 1. The Hall–Kier alpha value is -2.04. The molecule has 0 saturated heterocycles. The molecular weight excluding hydrogens is 226 g/mol. The number of para-hydroxylation sites is 2. The zero-order valence-corrected chi connectivity index (χ0v) is 10.4. The van der Waals surface area contributed by atoms with Crippen LogP contribution in [-0.4, -0.2) is 34.6 Å². The van der Waals surface area contributed by atoms with Gasteiger partial charge in [-0.05, 0) is 19.1 Å². The van der Waals surface area contributed by atoms with Crippen molar-refractivity contribution in [2.75, 3.05) is 13.1 Å². The summed E-state index contributed by atoms with van der Waals surface area (Å²) in [4.78, 5) is 8.74. The number of aromatic nitrogens is 2. The van der Waals surface area contributed by atoms with E-state index in [4.69, 9.17) is 0 Å². The second-order valence-corrected chi connectivity index (χ2v) is 4.59. The van der Waals surface area contributed by atoms with Gasteiger partial charge < -0.3 is 15.2 Å². The minimum Gasteiger partial charge on any atom is -0.355 e. The summed E-state index contributed by atoms with van der Waals surface area (Å²) in [6, 6.07) is 8.62. The van der Waals surface area contributed by atoms with Crippen LogP contribution in [-0.2, 0) is 6.54 Å². The SMILES string of the molecule is CC1CN=C(NCCn2cnc3ccccc32)N1. The number of hydrogen-bond acceptors (Lipinski definition) is 4. The third-order valence-corrected chi connectivity index (χ3v) is 3.08. The van der Waals surface area contributed by atoms with Crippen LogP contribution in [0.5, 0.6) is 0 Å². The Bertz CT molecular complexity index is 572. The number of benzene rings is 1. The molecule has 0 radical (unpaired) electrons. The van der Waals surface area contributed by atoms with Gasteiger partial charge >= 0.3 is 0 Å². The molecule has 94 valence electrons. The van der Waals surface area contributed by atoms with Crippen molar-refractivity contribution in [3.63, 3.8) is 0 Å². The van der Waals surface area contributed by atoms with Crippen molar-refractivity contribution in [1.82, 2.24) is 20.2 Å². The number of nitrogens with one attached hydrogen (secondary N) is 2. The summed E-state index contributed by atoms with van der Waals surface area (Å²) in [6.45, 7) is 4.71. The molecule has 2 heterocycles. The van der Waals surface area contributed by atoms with Crippen molar-refractivity contribution in [3.05, 3.63) is 30.6 Å². The Morgan fingerprint density at radius 2 is 2.33 bits per heavy atom. The molecule has 1 aliphatic heterocycles. The van der Waals surface area contributed by atoms with Crippen LogP contribution in [0.3, 0.4) is 0 Å². The van der Waals surface area contributed by atoms with E-state index in [-0.39, 0.29) is 0 Å². The van der Waals surface area contributed by atoms with Gasteiger partial charge in [0.15, 0.2) is 5.96 Å². The first-order valence-corrected chi connectivity index (χ1v) is 6.27. The van der Waals surface area contributed by atoms with Crippen LogP contribution >= 0.6 is 0 Å². The molecule has 18 heavy (non-hydrogen) atoms. The van der Waals surface area contributed by atoms with Crippen LogP contribution in [0, 0.1) is 0 Å². The molecule has 0 bridgehead atoms. The zero-order valence-electron chi connectivity index (χ0n) is 10.4. The summed E-state index contributed by atoms with van der Waals surface area (Å²) in [7, 11) is 0. The lowest BCUT2D eigenvalue weighted by atomic mass is 10.3. The summed E-state index contributed by atoms with van der Waals surface area (Å²) >= 11 is 0. The van der Waals surface area contributed by atoms with Crippen LogP contribution in [0.15, 0.2) is 35.6 Å². The molecule has 0 spiro atoms. The minimum atomic E-state index is 0.446. The fourth-order valence-corrected chi connectivity index (χ4v) is 2.14. The molecule has 1 aromatic carbocycles. The molecule has 2 aromatic rings. The largest absolute Gasteiger partial charge is 0.355 e.